The molecule has 2 atom stereocenters. The molecule has 110 valence electrons. The highest BCUT2D eigenvalue weighted by atomic mass is 15.3. The van der Waals surface area contributed by atoms with Crippen LogP contribution in [0.4, 0.5) is 0 Å². The van der Waals surface area contributed by atoms with Crippen molar-refractivity contribution >= 4 is 0 Å². The van der Waals surface area contributed by atoms with Gasteiger partial charge in [0.15, 0.2) is 0 Å². The lowest BCUT2D eigenvalue weighted by Gasteiger charge is -2.48. The molecule has 3 nitrogen and oxygen atoms in total. The van der Waals surface area contributed by atoms with E-state index in [2.05, 4.69) is 28.7 Å². The Morgan fingerprint density at radius 1 is 0.947 bits per heavy atom. The Hall–Kier alpha value is -0.120. The number of piperidine rings is 2. The smallest absolute Gasteiger partial charge is 0.0223 e. The van der Waals surface area contributed by atoms with Crippen molar-refractivity contribution in [2.24, 2.45) is 5.92 Å². The molecule has 19 heavy (non-hydrogen) atoms. The summed E-state index contributed by atoms with van der Waals surface area (Å²) in [7, 11) is 2.26. The van der Waals surface area contributed by atoms with Gasteiger partial charge in [0, 0.05) is 31.7 Å². The van der Waals surface area contributed by atoms with Gasteiger partial charge in [-0.2, -0.15) is 0 Å². The average molecular weight is 265 g/mol. The first-order valence-corrected chi connectivity index (χ1v) is 8.39. The van der Waals surface area contributed by atoms with E-state index in [4.69, 9.17) is 0 Å². The van der Waals surface area contributed by atoms with E-state index in [9.17, 15) is 0 Å². The molecule has 3 aliphatic rings. The molecule has 0 aromatic carbocycles. The number of rotatable bonds is 2. The predicted octanol–water partition coefficient (Wildman–Crippen LogP) is 1.89. The number of hydrogen-bond donors (Lipinski definition) is 0. The maximum Gasteiger partial charge on any atom is 0.0223 e. The third-order valence-electron chi connectivity index (χ3n) is 5.65. The Kier molecular flexibility index (Phi) is 4.45. The molecular weight excluding hydrogens is 234 g/mol. The third-order valence-corrected chi connectivity index (χ3v) is 5.65. The second kappa shape index (κ2) is 6.11. The largest absolute Gasteiger partial charge is 0.306 e. The molecule has 2 unspecified atom stereocenters. The van der Waals surface area contributed by atoms with Gasteiger partial charge in [-0.25, -0.2) is 0 Å². The molecule has 3 rings (SSSR count). The van der Waals surface area contributed by atoms with Crippen LogP contribution in [0.25, 0.3) is 0 Å². The van der Waals surface area contributed by atoms with Crippen molar-refractivity contribution in [3.63, 3.8) is 0 Å². The number of likely N-dealkylation sites (tertiary alicyclic amines) is 1. The van der Waals surface area contributed by atoms with Gasteiger partial charge in [0.25, 0.3) is 0 Å². The number of nitrogens with zero attached hydrogens (tertiary/aromatic N) is 3. The van der Waals surface area contributed by atoms with E-state index in [1.54, 1.807) is 0 Å². The summed E-state index contributed by atoms with van der Waals surface area (Å²) >= 11 is 0. The van der Waals surface area contributed by atoms with Gasteiger partial charge in [-0.3, -0.25) is 9.80 Å². The highest BCUT2D eigenvalue weighted by Crippen LogP contribution is 2.26. The summed E-state index contributed by atoms with van der Waals surface area (Å²) < 4.78 is 0. The van der Waals surface area contributed by atoms with Crippen molar-refractivity contribution in [2.45, 2.75) is 51.1 Å². The second-order valence-electron chi connectivity index (χ2n) is 7.19. The molecule has 3 saturated heterocycles. The molecule has 0 N–H and O–H groups in total. The van der Waals surface area contributed by atoms with Gasteiger partial charge in [-0.15, -0.1) is 0 Å². The molecular formula is C16H31N3. The minimum atomic E-state index is 0.772. The molecule has 3 aliphatic heterocycles. The highest BCUT2D eigenvalue weighted by molar-refractivity contribution is 4.90. The molecule has 3 fully saturated rings. The first-order valence-electron chi connectivity index (χ1n) is 8.39. The van der Waals surface area contributed by atoms with Crippen LogP contribution < -0.4 is 0 Å². The first kappa shape index (κ1) is 13.8. The number of piperazine rings is 1. The fourth-order valence-corrected chi connectivity index (χ4v) is 4.24. The van der Waals surface area contributed by atoms with Crippen LogP contribution in [0.2, 0.25) is 0 Å². The molecule has 0 bridgehead atoms. The fraction of sp³-hybridized carbons (Fsp3) is 1.00. The highest BCUT2D eigenvalue weighted by Gasteiger charge is 2.34. The van der Waals surface area contributed by atoms with Gasteiger partial charge in [0.2, 0.25) is 0 Å². The Balaban J connectivity index is 1.52. The summed E-state index contributed by atoms with van der Waals surface area (Å²) in [5, 5.41) is 0. The lowest BCUT2D eigenvalue weighted by molar-refractivity contribution is 0.00292. The molecule has 0 aromatic heterocycles. The van der Waals surface area contributed by atoms with Crippen molar-refractivity contribution in [3.8, 4) is 0 Å². The molecule has 0 radical (unpaired) electrons. The minimum Gasteiger partial charge on any atom is -0.306 e. The maximum absolute atomic E-state index is 2.81. The monoisotopic (exact) mass is 265 g/mol. The molecule has 0 amide bonds. The lowest BCUT2D eigenvalue weighted by Crippen LogP contribution is -2.59. The SMILES string of the molecule is CC1CN2CCCCC2CN1CC1CCN(C)CC1. The molecule has 3 heteroatoms. The van der Waals surface area contributed by atoms with Crippen molar-refractivity contribution in [1.29, 1.82) is 0 Å². The van der Waals surface area contributed by atoms with Crippen LogP contribution in [0.15, 0.2) is 0 Å². The quantitative estimate of drug-likeness (QED) is 0.755. The fourth-order valence-electron chi connectivity index (χ4n) is 4.24. The Labute approximate surface area is 118 Å². The summed E-state index contributed by atoms with van der Waals surface area (Å²) in [4.78, 5) is 8.06. The Bertz CT molecular complexity index is 286. The van der Waals surface area contributed by atoms with Crippen molar-refractivity contribution in [2.75, 3.05) is 46.3 Å². The van der Waals surface area contributed by atoms with Crippen LogP contribution in [0, 0.1) is 5.92 Å². The zero-order chi connectivity index (χ0) is 13.2. The van der Waals surface area contributed by atoms with Crippen LogP contribution >= 0.6 is 0 Å². The van der Waals surface area contributed by atoms with E-state index in [0.29, 0.717) is 0 Å². The first-order chi connectivity index (χ1) is 9.22. The topological polar surface area (TPSA) is 9.72 Å². The molecule has 0 spiro atoms. The van der Waals surface area contributed by atoms with Crippen molar-refractivity contribution < 1.29 is 0 Å². The standard InChI is InChI=1S/C16H31N3/c1-14-11-18-8-4-3-5-16(18)13-19(14)12-15-6-9-17(2)10-7-15/h14-16H,3-13H2,1-2H3. The average Bonchev–Trinajstić information content (AvgIpc) is 2.42. The number of fused-ring (bicyclic) bond motifs is 1. The van der Waals surface area contributed by atoms with Crippen LogP contribution in [0.3, 0.4) is 0 Å². The van der Waals surface area contributed by atoms with E-state index in [0.717, 1.165) is 18.0 Å². The Morgan fingerprint density at radius 2 is 1.74 bits per heavy atom. The van der Waals surface area contributed by atoms with Crippen molar-refractivity contribution in [1.82, 2.24) is 14.7 Å². The number of hydrogen-bond acceptors (Lipinski definition) is 3. The Morgan fingerprint density at radius 3 is 2.53 bits per heavy atom. The second-order valence-corrected chi connectivity index (χ2v) is 7.19. The summed E-state index contributed by atoms with van der Waals surface area (Å²) in [6.07, 6.45) is 7.15. The summed E-state index contributed by atoms with van der Waals surface area (Å²) in [5.41, 5.74) is 0. The third kappa shape index (κ3) is 3.32. The van der Waals surface area contributed by atoms with Crippen LogP contribution in [-0.4, -0.2) is 73.1 Å². The predicted molar refractivity (Wildman–Crippen MR) is 80.5 cm³/mol. The lowest BCUT2D eigenvalue weighted by atomic mass is 9.93. The summed E-state index contributed by atoms with van der Waals surface area (Å²) in [6, 6.07) is 1.64. The zero-order valence-corrected chi connectivity index (χ0v) is 12.9. The maximum atomic E-state index is 2.81. The van der Waals surface area contributed by atoms with Crippen LogP contribution in [0.1, 0.15) is 39.0 Å². The molecule has 0 saturated carbocycles. The zero-order valence-electron chi connectivity index (χ0n) is 12.9. The van der Waals surface area contributed by atoms with Crippen LogP contribution in [-0.2, 0) is 0 Å². The van der Waals surface area contributed by atoms with E-state index >= 15 is 0 Å². The van der Waals surface area contributed by atoms with E-state index < -0.39 is 0 Å². The van der Waals surface area contributed by atoms with Gasteiger partial charge in [0.1, 0.15) is 0 Å². The van der Waals surface area contributed by atoms with E-state index in [-0.39, 0.29) is 0 Å². The normalized spacial score (nSPS) is 36.3. The summed E-state index contributed by atoms with van der Waals surface area (Å²) in [5.74, 6) is 0.953. The molecule has 0 aromatic rings. The van der Waals surface area contributed by atoms with Crippen LogP contribution in [0.5, 0.6) is 0 Å². The minimum absolute atomic E-state index is 0.772. The molecule has 0 aliphatic carbocycles. The van der Waals surface area contributed by atoms with Gasteiger partial charge >= 0.3 is 0 Å². The van der Waals surface area contributed by atoms with E-state index in [1.807, 2.05) is 0 Å². The van der Waals surface area contributed by atoms with Crippen molar-refractivity contribution in [3.05, 3.63) is 0 Å². The van der Waals surface area contributed by atoms with Gasteiger partial charge in [0.05, 0.1) is 0 Å². The molecule has 3 heterocycles. The van der Waals surface area contributed by atoms with Gasteiger partial charge in [-0.1, -0.05) is 6.42 Å². The van der Waals surface area contributed by atoms with Gasteiger partial charge in [-0.05, 0) is 65.2 Å². The van der Waals surface area contributed by atoms with E-state index in [1.165, 1.54) is 71.4 Å². The summed E-state index contributed by atoms with van der Waals surface area (Å²) in [6.45, 7) is 10.4. The van der Waals surface area contributed by atoms with Gasteiger partial charge < -0.3 is 4.90 Å².